The number of nitrogens with one attached hydrogen (secondary N) is 2. The molecule has 2 N–H and O–H groups in total. The highest BCUT2D eigenvalue weighted by Crippen LogP contribution is 2.25. The third kappa shape index (κ3) is 5.53. The molecule has 2 atom stereocenters. The van der Waals surface area contributed by atoms with E-state index in [1.807, 2.05) is 18.4 Å². The quantitative estimate of drug-likeness (QED) is 0.526. The van der Waals surface area contributed by atoms with Crippen LogP contribution in [0, 0.1) is 5.92 Å². The van der Waals surface area contributed by atoms with Crippen molar-refractivity contribution in [2.45, 2.75) is 12.5 Å². The lowest BCUT2D eigenvalue weighted by Gasteiger charge is -2.34. The molecule has 4 rings (SSSR count). The molecule has 6 nitrogen and oxygen atoms in total. The van der Waals surface area contributed by atoms with Crippen molar-refractivity contribution in [3.63, 3.8) is 0 Å². The van der Waals surface area contributed by atoms with E-state index in [0.717, 1.165) is 58.4 Å². The van der Waals surface area contributed by atoms with Crippen LogP contribution in [0.1, 0.15) is 17.3 Å². The van der Waals surface area contributed by atoms with Gasteiger partial charge in [0.05, 0.1) is 19.3 Å². The van der Waals surface area contributed by atoms with E-state index in [-0.39, 0.29) is 0 Å². The van der Waals surface area contributed by atoms with E-state index in [0.29, 0.717) is 12.0 Å². The molecule has 2 unspecified atom stereocenters. The maximum atomic E-state index is 5.55. The van der Waals surface area contributed by atoms with Gasteiger partial charge in [-0.25, -0.2) is 0 Å². The predicted octanol–water partition coefficient (Wildman–Crippen LogP) is 2.81. The molecule has 2 aromatic rings. The Morgan fingerprint density at radius 2 is 1.97 bits per heavy atom. The van der Waals surface area contributed by atoms with Crippen molar-refractivity contribution in [2.24, 2.45) is 10.9 Å². The van der Waals surface area contributed by atoms with E-state index in [1.165, 1.54) is 17.0 Å². The number of rotatable bonds is 7. The molecule has 2 saturated heterocycles. The number of morpholine rings is 1. The van der Waals surface area contributed by atoms with Gasteiger partial charge in [0, 0.05) is 56.9 Å². The van der Waals surface area contributed by atoms with E-state index < -0.39 is 0 Å². The van der Waals surface area contributed by atoms with Crippen LogP contribution in [0.15, 0.2) is 52.8 Å². The number of ether oxygens (including phenoxy) is 1. The average Bonchev–Trinajstić information content (AvgIpc) is 3.50. The summed E-state index contributed by atoms with van der Waals surface area (Å²) in [5.74, 6) is 1.53. The van der Waals surface area contributed by atoms with Crippen molar-refractivity contribution in [1.82, 2.24) is 15.5 Å². The minimum Gasteiger partial charge on any atom is -0.379 e. The molecule has 2 aliphatic heterocycles. The Balaban J connectivity index is 1.27. The second-order valence-electron chi connectivity index (χ2n) is 7.95. The number of hydrogen-bond donors (Lipinski definition) is 2. The van der Waals surface area contributed by atoms with Crippen LogP contribution in [0.5, 0.6) is 0 Å². The van der Waals surface area contributed by atoms with Crippen molar-refractivity contribution in [2.75, 3.05) is 64.4 Å². The molecule has 0 spiro atoms. The summed E-state index contributed by atoms with van der Waals surface area (Å²) in [6.45, 7) is 7.61. The monoisotopic (exact) mass is 427 g/mol. The van der Waals surface area contributed by atoms with Crippen molar-refractivity contribution in [1.29, 1.82) is 0 Å². The molecule has 1 aromatic carbocycles. The van der Waals surface area contributed by atoms with Crippen LogP contribution in [-0.2, 0) is 4.74 Å². The van der Waals surface area contributed by atoms with Gasteiger partial charge in [-0.3, -0.25) is 9.89 Å². The molecular weight excluding hydrogens is 394 g/mol. The summed E-state index contributed by atoms with van der Waals surface area (Å²) in [5.41, 5.74) is 1.33. The Bertz CT molecular complexity index is 776. The lowest BCUT2D eigenvalue weighted by atomic mass is 10.1. The molecule has 0 amide bonds. The second-order valence-corrected chi connectivity index (χ2v) is 8.93. The fraction of sp³-hybridized carbons (Fsp3) is 0.522. The maximum Gasteiger partial charge on any atom is 0.191 e. The third-order valence-corrected chi connectivity index (χ3v) is 6.98. The summed E-state index contributed by atoms with van der Waals surface area (Å²) in [6.07, 6.45) is 1.21. The van der Waals surface area contributed by atoms with Crippen LogP contribution in [0.2, 0.25) is 0 Å². The van der Waals surface area contributed by atoms with Crippen LogP contribution in [0.3, 0.4) is 0 Å². The van der Waals surface area contributed by atoms with E-state index in [1.54, 1.807) is 0 Å². The van der Waals surface area contributed by atoms with Crippen molar-refractivity contribution in [3.05, 3.63) is 52.7 Å². The standard InChI is InChI=1S/C23H33N5OS/c1-24-23(25-16-19-9-10-28(18-19)20-6-3-2-4-7-20)26-17-21(22-8-5-15-30-22)27-11-13-29-14-12-27/h2-8,15,19,21H,9-14,16-18H2,1H3,(H2,24,25,26). The van der Waals surface area contributed by atoms with E-state index in [2.05, 4.69) is 73.3 Å². The zero-order valence-electron chi connectivity index (χ0n) is 17.8. The summed E-state index contributed by atoms with van der Waals surface area (Å²) in [4.78, 5) is 10.9. The molecule has 3 heterocycles. The van der Waals surface area contributed by atoms with E-state index >= 15 is 0 Å². The first kappa shape index (κ1) is 21.2. The molecule has 162 valence electrons. The smallest absolute Gasteiger partial charge is 0.191 e. The maximum absolute atomic E-state index is 5.55. The Kier molecular flexibility index (Phi) is 7.61. The van der Waals surface area contributed by atoms with Crippen molar-refractivity contribution in [3.8, 4) is 0 Å². The van der Waals surface area contributed by atoms with Crippen molar-refractivity contribution >= 4 is 23.0 Å². The van der Waals surface area contributed by atoms with Crippen LogP contribution < -0.4 is 15.5 Å². The first-order valence-corrected chi connectivity index (χ1v) is 11.8. The topological polar surface area (TPSA) is 52.1 Å². The molecule has 0 radical (unpaired) electrons. The molecule has 0 aliphatic carbocycles. The van der Waals surface area contributed by atoms with Gasteiger partial charge in [0.2, 0.25) is 0 Å². The van der Waals surface area contributed by atoms with Gasteiger partial charge in [-0.05, 0) is 35.9 Å². The number of para-hydroxylation sites is 1. The van der Waals surface area contributed by atoms with Gasteiger partial charge < -0.3 is 20.3 Å². The molecule has 30 heavy (non-hydrogen) atoms. The lowest BCUT2D eigenvalue weighted by molar-refractivity contribution is 0.0177. The highest BCUT2D eigenvalue weighted by Gasteiger charge is 2.25. The number of anilines is 1. The van der Waals surface area contributed by atoms with E-state index in [9.17, 15) is 0 Å². The summed E-state index contributed by atoms with van der Waals surface area (Å²) in [5, 5.41) is 9.29. The first-order valence-electron chi connectivity index (χ1n) is 10.9. The molecule has 0 bridgehead atoms. The summed E-state index contributed by atoms with van der Waals surface area (Å²) < 4.78 is 5.55. The molecular formula is C23H33N5OS. The van der Waals surface area contributed by atoms with Gasteiger partial charge in [-0.2, -0.15) is 0 Å². The number of aliphatic imine (C=N–C) groups is 1. The van der Waals surface area contributed by atoms with E-state index in [4.69, 9.17) is 4.74 Å². The number of benzene rings is 1. The first-order chi connectivity index (χ1) is 14.8. The zero-order valence-corrected chi connectivity index (χ0v) is 18.6. The van der Waals surface area contributed by atoms with Gasteiger partial charge in [0.25, 0.3) is 0 Å². The molecule has 7 heteroatoms. The van der Waals surface area contributed by atoms with Gasteiger partial charge in [0.1, 0.15) is 0 Å². The summed E-state index contributed by atoms with van der Waals surface area (Å²) in [6, 6.07) is 15.4. The number of thiophene rings is 1. The number of nitrogens with zero attached hydrogens (tertiary/aromatic N) is 3. The van der Waals surface area contributed by atoms with Gasteiger partial charge >= 0.3 is 0 Å². The van der Waals surface area contributed by atoms with Crippen LogP contribution in [-0.4, -0.2) is 70.4 Å². The Morgan fingerprint density at radius 3 is 2.70 bits per heavy atom. The normalized spacial score (nSPS) is 21.6. The molecule has 2 fully saturated rings. The predicted molar refractivity (Wildman–Crippen MR) is 126 cm³/mol. The Hall–Kier alpha value is -2.09. The molecule has 1 aromatic heterocycles. The van der Waals surface area contributed by atoms with Crippen LogP contribution in [0.4, 0.5) is 5.69 Å². The largest absolute Gasteiger partial charge is 0.379 e. The minimum absolute atomic E-state index is 0.354. The number of guanidine groups is 1. The fourth-order valence-electron chi connectivity index (χ4n) is 4.31. The third-order valence-electron chi connectivity index (χ3n) is 6.01. The second kappa shape index (κ2) is 10.8. The summed E-state index contributed by atoms with van der Waals surface area (Å²) >= 11 is 1.83. The summed E-state index contributed by atoms with van der Waals surface area (Å²) in [7, 11) is 1.86. The highest BCUT2D eigenvalue weighted by molar-refractivity contribution is 7.10. The van der Waals surface area contributed by atoms with Gasteiger partial charge in [-0.15, -0.1) is 11.3 Å². The SMILES string of the molecule is CN=C(NCC1CCN(c2ccccc2)C1)NCC(c1cccs1)N1CCOCC1. The van der Waals surface area contributed by atoms with Crippen LogP contribution in [0.25, 0.3) is 0 Å². The van der Waals surface area contributed by atoms with Crippen LogP contribution >= 0.6 is 11.3 Å². The van der Waals surface area contributed by atoms with Gasteiger partial charge in [0.15, 0.2) is 5.96 Å². The van der Waals surface area contributed by atoms with Gasteiger partial charge in [-0.1, -0.05) is 24.3 Å². The molecule has 2 aliphatic rings. The van der Waals surface area contributed by atoms with Crippen molar-refractivity contribution < 1.29 is 4.74 Å². The highest BCUT2D eigenvalue weighted by atomic mass is 32.1. The molecule has 0 saturated carbocycles. The lowest BCUT2D eigenvalue weighted by Crippen LogP contribution is -2.46. The fourth-order valence-corrected chi connectivity index (χ4v) is 5.17. The number of hydrogen-bond acceptors (Lipinski definition) is 5. The minimum atomic E-state index is 0.354. The Labute approximate surface area is 183 Å². The zero-order chi connectivity index (χ0) is 20.6. The average molecular weight is 428 g/mol. The Morgan fingerprint density at radius 1 is 1.13 bits per heavy atom.